The molecule has 0 bridgehead atoms. The highest BCUT2D eigenvalue weighted by Crippen LogP contribution is 2.45. The maximum Gasteiger partial charge on any atom is 0.408 e. The average Bonchev–Trinajstić information content (AvgIpc) is 2.65. The summed E-state index contributed by atoms with van der Waals surface area (Å²) in [6, 6.07) is 3.55. The van der Waals surface area contributed by atoms with E-state index in [-0.39, 0.29) is 6.04 Å². The SMILES string of the molecule is CC(C)(C)OC(=O)NC1CSc2c1ccc(Cl)c2Cl. The lowest BCUT2D eigenvalue weighted by molar-refractivity contribution is 0.0509. The van der Waals surface area contributed by atoms with Gasteiger partial charge in [-0.3, -0.25) is 0 Å². The van der Waals surface area contributed by atoms with E-state index in [0.717, 1.165) is 16.2 Å². The van der Waals surface area contributed by atoms with Crippen molar-refractivity contribution in [3.05, 3.63) is 27.7 Å². The van der Waals surface area contributed by atoms with Gasteiger partial charge in [-0.05, 0) is 32.4 Å². The van der Waals surface area contributed by atoms with Gasteiger partial charge in [0.05, 0.1) is 16.1 Å². The normalized spacial score (nSPS) is 18.1. The number of hydrogen-bond acceptors (Lipinski definition) is 3. The molecular weight excluding hydrogens is 305 g/mol. The van der Waals surface area contributed by atoms with Crippen molar-refractivity contribution in [2.75, 3.05) is 5.75 Å². The summed E-state index contributed by atoms with van der Waals surface area (Å²) in [5.74, 6) is 0.731. The molecular formula is C13H15Cl2NO2S. The molecule has 1 aromatic carbocycles. The Balaban J connectivity index is 2.11. The number of alkyl carbamates (subject to hydrolysis) is 1. The molecule has 1 atom stereocenters. The smallest absolute Gasteiger partial charge is 0.408 e. The van der Waals surface area contributed by atoms with Crippen molar-refractivity contribution in [3.63, 3.8) is 0 Å². The number of nitrogens with one attached hydrogen (secondary N) is 1. The molecule has 6 heteroatoms. The number of halogens is 2. The van der Waals surface area contributed by atoms with Crippen molar-refractivity contribution in [2.45, 2.75) is 37.3 Å². The maximum absolute atomic E-state index is 11.8. The number of amides is 1. The molecule has 0 spiro atoms. The number of fused-ring (bicyclic) bond motifs is 1. The van der Waals surface area contributed by atoms with Crippen LogP contribution in [0.3, 0.4) is 0 Å². The predicted octanol–water partition coefficient (Wildman–Crippen LogP) is 4.66. The van der Waals surface area contributed by atoms with Crippen molar-refractivity contribution in [3.8, 4) is 0 Å². The highest BCUT2D eigenvalue weighted by atomic mass is 35.5. The maximum atomic E-state index is 11.8. The fourth-order valence-electron chi connectivity index (χ4n) is 1.79. The van der Waals surface area contributed by atoms with E-state index in [4.69, 9.17) is 27.9 Å². The number of rotatable bonds is 1. The first-order chi connectivity index (χ1) is 8.78. The summed E-state index contributed by atoms with van der Waals surface area (Å²) in [6.45, 7) is 5.50. The molecule has 1 aromatic rings. The van der Waals surface area contributed by atoms with Crippen LogP contribution < -0.4 is 5.32 Å². The van der Waals surface area contributed by atoms with E-state index in [1.165, 1.54) is 0 Å². The zero-order valence-electron chi connectivity index (χ0n) is 10.9. The summed E-state index contributed by atoms with van der Waals surface area (Å²) in [7, 11) is 0. The molecule has 1 heterocycles. The van der Waals surface area contributed by atoms with Gasteiger partial charge in [0.25, 0.3) is 0 Å². The van der Waals surface area contributed by atoms with Gasteiger partial charge in [-0.2, -0.15) is 0 Å². The molecule has 0 radical (unpaired) electrons. The molecule has 2 rings (SSSR count). The fourth-order valence-corrected chi connectivity index (χ4v) is 3.55. The van der Waals surface area contributed by atoms with Crippen LogP contribution in [0.15, 0.2) is 17.0 Å². The quantitative estimate of drug-likeness (QED) is 0.817. The highest BCUT2D eigenvalue weighted by molar-refractivity contribution is 7.99. The van der Waals surface area contributed by atoms with Crippen LogP contribution in [0.5, 0.6) is 0 Å². The summed E-state index contributed by atoms with van der Waals surface area (Å²) in [4.78, 5) is 12.7. The Labute approximate surface area is 127 Å². The van der Waals surface area contributed by atoms with E-state index in [1.807, 2.05) is 26.8 Å². The Morgan fingerprint density at radius 3 is 2.74 bits per heavy atom. The Morgan fingerprint density at radius 2 is 2.11 bits per heavy atom. The summed E-state index contributed by atoms with van der Waals surface area (Å²) < 4.78 is 5.25. The van der Waals surface area contributed by atoms with E-state index in [1.54, 1.807) is 17.8 Å². The molecule has 0 saturated carbocycles. The third-order valence-corrected chi connectivity index (χ3v) is 4.69. The number of carbonyl (C=O) groups is 1. The lowest BCUT2D eigenvalue weighted by Crippen LogP contribution is -2.35. The van der Waals surface area contributed by atoms with Gasteiger partial charge < -0.3 is 10.1 Å². The molecule has 0 aromatic heterocycles. The summed E-state index contributed by atoms with van der Waals surface area (Å²) >= 11 is 13.7. The monoisotopic (exact) mass is 319 g/mol. The first-order valence-corrected chi connectivity index (χ1v) is 7.62. The van der Waals surface area contributed by atoms with E-state index >= 15 is 0 Å². The zero-order chi connectivity index (χ0) is 14.2. The second kappa shape index (κ2) is 5.43. The molecule has 1 aliphatic rings. The molecule has 19 heavy (non-hydrogen) atoms. The van der Waals surface area contributed by atoms with Crippen LogP contribution in [0.2, 0.25) is 10.0 Å². The van der Waals surface area contributed by atoms with E-state index in [9.17, 15) is 4.79 Å². The van der Waals surface area contributed by atoms with Crippen LogP contribution in [0.4, 0.5) is 4.79 Å². The number of thioether (sulfide) groups is 1. The van der Waals surface area contributed by atoms with Crippen LogP contribution in [0.1, 0.15) is 32.4 Å². The number of ether oxygens (including phenoxy) is 1. The first kappa shape index (κ1) is 14.8. The van der Waals surface area contributed by atoms with Crippen molar-refractivity contribution >= 4 is 41.1 Å². The van der Waals surface area contributed by atoms with Crippen LogP contribution in [0.25, 0.3) is 0 Å². The predicted molar refractivity (Wildman–Crippen MR) is 79.3 cm³/mol. The third kappa shape index (κ3) is 3.50. The lowest BCUT2D eigenvalue weighted by atomic mass is 10.1. The molecule has 1 aliphatic heterocycles. The molecule has 0 fully saturated rings. The molecule has 0 saturated heterocycles. The molecule has 1 N–H and O–H groups in total. The minimum atomic E-state index is -0.504. The van der Waals surface area contributed by atoms with Crippen LogP contribution in [-0.4, -0.2) is 17.4 Å². The minimum Gasteiger partial charge on any atom is -0.444 e. The molecule has 0 aliphatic carbocycles. The third-order valence-electron chi connectivity index (χ3n) is 2.54. The number of benzene rings is 1. The Bertz CT molecular complexity index is 514. The highest BCUT2D eigenvalue weighted by Gasteiger charge is 2.29. The molecule has 1 unspecified atom stereocenters. The second-order valence-electron chi connectivity index (χ2n) is 5.29. The fraction of sp³-hybridized carbons (Fsp3) is 0.462. The zero-order valence-corrected chi connectivity index (χ0v) is 13.2. The number of carbonyl (C=O) groups excluding carboxylic acids is 1. The molecule has 1 amide bonds. The summed E-state index contributed by atoms with van der Waals surface area (Å²) in [5, 5.41) is 3.94. The standard InChI is InChI=1S/C13H15Cl2NO2S/c1-13(2,3)18-12(17)16-9-6-19-11-7(9)4-5-8(14)10(11)15/h4-5,9H,6H2,1-3H3,(H,16,17). The summed E-state index contributed by atoms with van der Waals surface area (Å²) in [6.07, 6.45) is -0.419. The first-order valence-electron chi connectivity index (χ1n) is 5.88. The van der Waals surface area contributed by atoms with Crippen LogP contribution in [0, 0.1) is 0 Å². The molecule has 3 nitrogen and oxygen atoms in total. The minimum absolute atomic E-state index is 0.0929. The van der Waals surface area contributed by atoms with Gasteiger partial charge in [0.2, 0.25) is 0 Å². The van der Waals surface area contributed by atoms with Gasteiger partial charge in [-0.1, -0.05) is 29.3 Å². The molecule has 104 valence electrons. The average molecular weight is 320 g/mol. The Morgan fingerprint density at radius 1 is 1.42 bits per heavy atom. The largest absolute Gasteiger partial charge is 0.444 e. The van der Waals surface area contributed by atoms with Crippen molar-refractivity contribution in [1.29, 1.82) is 0 Å². The van der Waals surface area contributed by atoms with Crippen LogP contribution >= 0.6 is 35.0 Å². The summed E-state index contributed by atoms with van der Waals surface area (Å²) in [5.41, 5.74) is 0.487. The van der Waals surface area contributed by atoms with E-state index < -0.39 is 11.7 Å². The van der Waals surface area contributed by atoms with Gasteiger partial charge in [-0.15, -0.1) is 11.8 Å². The topological polar surface area (TPSA) is 38.3 Å². The van der Waals surface area contributed by atoms with Gasteiger partial charge >= 0.3 is 6.09 Å². The second-order valence-corrected chi connectivity index (χ2v) is 7.10. The van der Waals surface area contributed by atoms with Gasteiger partial charge in [0.15, 0.2) is 0 Å². The van der Waals surface area contributed by atoms with Crippen molar-refractivity contribution < 1.29 is 9.53 Å². The van der Waals surface area contributed by atoms with Crippen molar-refractivity contribution in [1.82, 2.24) is 5.32 Å². The lowest BCUT2D eigenvalue weighted by Gasteiger charge is -2.22. The van der Waals surface area contributed by atoms with Gasteiger partial charge in [0, 0.05) is 10.6 Å². The van der Waals surface area contributed by atoms with Gasteiger partial charge in [-0.25, -0.2) is 4.79 Å². The number of hydrogen-bond donors (Lipinski definition) is 1. The van der Waals surface area contributed by atoms with Crippen LogP contribution in [-0.2, 0) is 4.74 Å². The Hall–Kier alpha value is -0.580. The van der Waals surface area contributed by atoms with Crippen molar-refractivity contribution in [2.24, 2.45) is 0 Å². The van der Waals surface area contributed by atoms with E-state index in [0.29, 0.717) is 10.0 Å². The Kier molecular flexibility index (Phi) is 4.23. The van der Waals surface area contributed by atoms with Gasteiger partial charge in [0.1, 0.15) is 5.60 Å². The van der Waals surface area contributed by atoms with E-state index in [2.05, 4.69) is 5.32 Å².